The Balaban J connectivity index is 1.91. The van der Waals surface area contributed by atoms with E-state index >= 15 is 0 Å². The van der Waals surface area contributed by atoms with Crippen LogP contribution < -0.4 is 10.6 Å². The van der Waals surface area contributed by atoms with Gasteiger partial charge in [0.05, 0.1) is 28.3 Å². The molecule has 0 saturated carbocycles. The Bertz CT molecular complexity index is 814. The molecule has 27 heavy (non-hydrogen) atoms. The highest BCUT2D eigenvalue weighted by molar-refractivity contribution is 6.42. The lowest BCUT2D eigenvalue weighted by Crippen LogP contribution is -2.31. The molecule has 0 radical (unpaired) electrons. The summed E-state index contributed by atoms with van der Waals surface area (Å²) in [5, 5.41) is 15.4. The second kappa shape index (κ2) is 10.2. The molecule has 0 heterocycles. The van der Waals surface area contributed by atoms with Crippen LogP contribution in [0.2, 0.25) is 10.0 Å². The van der Waals surface area contributed by atoms with Crippen LogP contribution in [0.25, 0.3) is 0 Å². The monoisotopic (exact) mass is 410 g/mol. The average molecular weight is 411 g/mol. The molecule has 2 aromatic carbocycles. The number of carbonyl (C=O) groups is 2. The number of aliphatic hydroxyl groups is 1. The van der Waals surface area contributed by atoms with Crippen LogP contribution in [0.4, 0.5) is 5.69 Å². The molecule has 0 saturated heterocycles. The second-order valence-electron chi connectivity index (χ2n) is 5.73. The number of esters is 1. The predicted octanol–water partition coefficient (Wildman–Crippen LogP) is 3.43. The summed E-state index contributed by atoms with van der Waals surface area (Å²) in [6.45, 7) is 1.59. The van der Waals surface area contributed by atoms with E-state index in [9.17, 15) is 9.59 Å². The molecule has 0 fully saturated rings. The summed E-state index contributed by atoms with van der Waals surface area (Å²) in [6, 6.07) is 11.5. The van der Waals surface area contributed by atoms with Crippen molar-refractivity contribution < 1.29 is 19.4 Å². The fourth-order valence-corrected chi connectivity index (χ4v) is 2.67. The molecular formula is C19H20Cl2N2O4. The maximum atomic E-state index is 12.2. The van der Waals surface area contributed by atoms with E-state index < -0.39 is 18.5 Å². The number of aliphatic hydroxyl groups excluding tert-OH is 1. The SMILES string of the molecule is C[C@H](NC(=O)COC(=O)c1ccccc1NCCO)c1ccc(Cl)c(Cl)c1. The number of amides is 1. The first-order valence-electron chi connectivity index (χ1n) is 8.27. The summed E-state index contributed by atoms with van der Waals surface area (Å²) in [5.41, 5.74) is 1.60. The van der Waals surface area contributed by atoms with Crippen molar-refractivity contribution in [3.8, 4) is 0 Å². The van der Waals surface area contributed by atoms with Crippen LogP contribution in [0.3, 0.4) is 0 Å². The van der Waals surface area contributed by atoms with Crippen LogP contribution in [0, 0.1) is 0 Å². The van der Waals surface area contributed by atoms with E-state index in [1.165, 1.54) is 0 Å². The summed E-state index contributed by atoms with van der Waals surface area (Å²) in [7, 11) is 0. The maximum absolute atomic E-state index is 12.2. The Morgan fingerprint density at radius 3 is 2.59 bits per heavy atom. The van der Waals surface area contributed by atoms with E-state index in [0.717, 1.165) is 5.56 Å². The normalized spacial score (nSPS) is 11.6. The van der Waals surface area contributed by atoms with Gasteiger partial charge in [-0.15, -0.1) is 0 Å². The summed E-state index contributed by atoms with van der Waals surface area (Å²) < 4.78 is 5.09. The predicted molar refractivity (Wildman–Crippen MR) is 105 cm³/mol. The number of para-hydroxylation sites is 1. The number of carbonyl (C=O) groups excluding carboxylic acids is 2. The van der Waals surface area contributed by atoms with E-state index in [4.69, 9.17) is 33.0 Å². The molecule has 0 spiro atoms. The number of halogens is 2. The molecule has 144 valence electrons. The Morgan fingerprint density at radius 2 is 1.89 bits per heavy atom. The van der Waals surface area contributed by atoms with Gasteiger partial charge in [0.2, 0.25) is 0 Å². The summed E-state index contributed by atoms with van der Waals surface area (Å²) in [6.07, 6.45) is 0. The van der Waals surface area contributed by atoms with Crippen molar-refractivity contribution >= 4 is 40.8 Å². The minimum Gasteiger partial charge on any atom is -0.452 e. The lowest BCUT2D eigenvalue weighted by atomic mass is 10.1. The molecule has 3 N–H and O–H groups in total. The first-order valence-corrected chi connectivity index (χ1v) is 9.03. The third-order valence-electron chi connectivity index (χ3n) is 3.73. The van der Waals surface area contributed by atoms with E-state index in [2.05, 4.69) is 10.6 Å². The maximum Gasteiger partial charge on any atom is 0.340 e. The molecule has 0 aromatic heterocycles. The molecule has 8 heteroatoms. The first kappa shape index (κ1) is 21.0. The van der Waals surface area contributed by atoms with Crippen molar-refractivity contribution in [3.63, 3.8) is 0 Å². The summed E-state index contributed by atoms with van der Waals surface area (Å²) in [5.74, 6) is -1.07. The van der Waals surface area contributed by atoms with Crippen molar-refractivity contribution in [2.75, 3.05) is 25.1 Å². The Labute approximate surface area is 167 Å². The molecular weight excluding hydrogens is 391 g/mol. The average Bonchev–Trinajstić information content (AvgIpc) is 2.66. The molecule has 0 unspecified atom stereocenters. The van der Waals surface area contributed by atoms with Crippen molar-refractivity contribution in [1.29, 1.82) is 0 Å². The first-order chi connectivity index (χ1) is 12.9. The number of nitrogens with one attached hydrogen (secondary N) is 2. The van der Waals surface area contributed by atoms with Gasteiger partial charge in [-0.05, 0) is 36.8 Å². The minimum atomic E-state index is -0.631. The van der Waals surface area contributed by atoms with E-state index in [1.54, 1.807) is 49.4 Å². The smallest absolute Gasteiger partial charge is 0.340 e. The zero-order valence-corrected chi connectivity index (χ0v) is 16.2. The fraction of sp³-hybridized carbons (Fsp3) is 0.263. The molecule has 0 bridgehead atoms. The van der Waals surface area contributed by atoms with Gasteiger partial charge in [-0.25, -0.2) is 4.79 Å². The van der Waals surface area contributed by atoms with Crippen LogP contribution in [0.5, 0.6) is 0 Å². The molecule has 0 aliphatic heterocycles. The zero-order valence-electron chi connectivity index (χ0n) is 14.7. The van der Waals surface area contributed by atoms with Crippen LogP contribution in [-0.4, -0.2) is 36.7 Å². The van der Waals surface area contributed by atoms with Gasteiger partial charge < -0.3 is 20.5 Å². The van der Waals surface area contributed by atoms with Crippen molar-refractivity contribution in [1.82, 2.24) is 5.32 Å². The molecule has 1 atom stereocenters. The molecule has 2 rings (SSSR count). The molecule has 6 nitrogen and oxygen atoms in total. The van der Waals surface area contributed by atoms with Crippen LogP contribution in [0.1, 0.15) is 28.9 Å². The van der Waals surface area contributed by atoms with Crippen molar-refractivity contribution in [2.45, 2.75) is 13.0 Å². The van der Waals surface area contributed by atoms with Gasteiger partial charge in [0.25, 0.3) is 5.91 Å². The topological polar surface area (TPSA) is 87.7 Å². The highest BCUT2D eigenvalue weighted by Gasteiger charge is 2.16. The summed E-state index contributed by atoms with van der Waals surface area (Å²) in [4.78, 5) is 24.3. The Morgan fingerprint density at radius 1 is 1.15 bits per heavy atom. The molecule has 2 aromatic rings. The number of hydrogen-bond donors (Lipinski definition) is 3. The van der Waals surface area contributed by atoms with Gasteiger partial charge in [0.1, 0.15) is 0 Å². The Hall–Kier alpha value is -2.28. The van der Waals surface area contributed by atoms with E-state index in [1.807, 2.05) is 0 Å². The third-order valence-corrected chi connectivity index (χ3v) is 4.47. The fourth-order valence-electron chi connectivity index (χ4n) is 2.36. The highest BCUT2D eigenvalue weighted by atomic mass is 35.5. The largest absolute Gasteiger partial charge is 0.452 e. The van der Waals surface area contributed by atoms with Gasteiger partial charge in [-0.1, -0.05) is 41.4 Å². The van der Waals surface area contributed by atoms with Gasteiger partial charge in [0.15, 0.2) is 6.61 Å². The minimum absolute atomic E-state index is 0.0710. The van der Waals surface area contributed by atoms with E-state index in [0.29, 0.717) is 22.3 Å². The van der Waals surface area contributed by atoms with Gasteiger partial charge in [-0.3, -0.25) is 4.79 Å². The number of anilines is 1. The second-order valence-corrected chi connectivity index (χ2v) is 6.55. The van der Waals surface area contributed by atoms with E-state index in [-0.39, 0.29) is 18.2 Å². The Kier molecular flexibility index (Phi) is 7.91. The van der Waals surface area contributed by atoms with Gasteiger partial charge in [0, 0.05) is 12.2 Å². The number of benzene rings is 2. The lowest BCUT2D eigenvalue weighted by molar-refractivity contribution is -0.124. The van der Waals surface area contributed by atoms with Gasteiger partial charge in [-0.2, -0.15) is 0 Å². The summed E-state index contributed by atoms with van der Waals surface area (Å²) >= 11 is 11.9. The van der Waals surface area contributed by atoms with Crippen molar-refractivity contribution in [2.24, 2.45) is 0 Å². The molecule has 1 amide bonds. The van der Waals surface area contributed by atoms with Gasteiger partial charge >= 0.3 is 5.97 Å². The van der Waals surface area contributed by atoms with Crippen molar-refractivity contribution in [3.05, 3.63) is 63.6 Å². The lowest BCUT2D eigenvalue weighted by Gasteiger charge is -2.15. The number of ether oxygens (including phenoxy) is 1. The highest BCUT2D eigenvalue weighted by Crippen LogP contribution is 2.25. The standard InChI is InChI=1S/C19H20Cl2N2O4/c1-12(13-6-7-15(20)16(21)10-13)23-18(25)11-27-19(26)14-4-2-3-5-17(14)22-8-9-24/h2-7,10,12,22,24H,8-9,11H2,1H3,(H,23,25)/t12-/m0/s1. The zero-order chi connectivity index (χ0) is 19.8. The van der Waals surface area contributed by atoms with Crippen LogP contribution in [-0.2, 0) is 9.53 Å². The number of hydrogen-bond acceptors (Lipinski definition) is 5. The molecule has 0 aliphatic rings. The third kappa shape index (κ3) is 6.13. The number of rotatable bonds is 8. The quantitative estimate of drug-likeness (QED) is 0.580. The molecule has 0 aliphatic carbocycles. The van der Waals surface area contributed by atoms with Crippen LogP contribution in [0.15, 0.2) is 42.5 Å². The van der Waals surface area contributed by atoms with Crippen LogP contribution >= 0.6 is 23.2 Å².